The van der Waals surface area contributed by atoms with Gasteiger partial charge in [0.1, 0.15) is 23.0 Å². The Kier molecular flexibility index (Phi) is 16.2. The molecule has 16 heteroatoms. The average Bonchev–Trinajstić information content (AvgIpc) is 3.33. The van der Waals surface area contributed by atoms with Gasteiger partial charge in [0.2, 0.25) is 0 Å². The van der Waals surface area contributed by atoms with Gasteiger partial charge in [0, 0.05) is 10.8 Å². The van der Waals surface area contributed by atoms with Crippen molar-refractivity contribution in [3.05, 3.63) is 115 Å². The number of esters is 4. The van der Waals surface area contributed by atoms with Crippen LogP contribution < -0.4 is 18.9 Å². The molecule has 0 aromatic heterocycles. The molecule has 4 aromatic rings. The van der Waals surface area contributed by atoms with Crippen molar-refractivity contribution >= 4 is 49.0 Å². The number of benzene rings is 4. The molecule has 0 N–H and O–H groups in total. The summed E-state index contributed by atoms with van der Waals surface area (Å²) in [5, 5.41) is 0. The molecule has 0 radical (unpaired) electrons. The van der Waals surface area contributed by atoms with Crippen molar-refractivity contribution in [3.63, 3.8) is 0 Å². The third kappa shape index (κ3) is 10.3. The average molecular weight is 909 g/mol. The van der Waals surface area contributed by atoms with Crippen LogP contribution in [0.25, 0.3) is 0 Å². The van der Waals surface area contributed by atoms with E-state index in [-0.39, 0.29) is 45.3 Å². The number of aryl methyl sites for hydroxylation is 4. The van der Waals surface area contributed by atoms with Crippen LogP contribution in [-0.4, -0.2) is 104 Å². The van der Waals surface area contributed by atoms with Crippen molar-refractivity contribution in [2.45, 2.75) is 64.2 Å². The van der Waals surface area contributed by atoms with E-state index in [0.717, 1.165) is 0 Å². The van der Waals surface area contributed by atoms with Crippen molar-refractivity contribution in [2.75, 3.05) is 54.9 Å². The summed E-state index contributed by atoms with van der Waals surface area (Å²) < 4.78 is 42.2. The lowest BCUT2D eigenvalue weighted by atomic mass is 9.54. The van der Waals surface area contributed by atoms with Crippen LogP contribution in [0.4, 0.5) is 0 Å². The van der Waals surface area contributed by atoms with Gasteiger partial charge in [-0.2, -0.15) is 0 Å². The highest BCUT2D eigenvalue weighted by molar-refractivity contribution is 5.85. The Balaban J connectivity index is 1.78. The zero-order valence-electron chi connectivity index (χ0n) is 38.1. The van der Waals surface area contributed by atoms with E-state index in [4.69, 9.17) is 37.9 Å². The Labute approximate surface area is 381 Å². The molecule has 0 amide bonds. The summed E-state index contributed by atoms with van der Waals surface area (Å²) in [5.74, 6) is -1.82. The number of carbonyl (C=O) groups excluding carboxylic acids is 8. The number of aldehydes is 4. The maximum absolute atomic E-state index is 12.8. The topological polar surface area (TPSA) is 210 Å². The number of methoxy groups -OCH3 is 4. The SMILES string of the molecule is COC(=O)COc1c(C)cc(C2(c3cc(C)c(OCC(=O)OC)c(C=O)c3)CCC(c3cc(C)c(OCC(=O)OC)c(C=O)c3)(c3cc(C)c(OCC(=O)OC)c(C=O)c3)CC2)cc1C=O. The van der Waals surface area contributed by atoms with Gasteiger partial charge in [-0.05, 0) is 122 Å². The van der Waals surface area contributed by atoms with E-state index >= 15 is 0 Å². The molecular weight excluding hydrogens is 857 g/mol. The third-order valence-electron chi connectivity index (χ3n) is 12.1. The number of hydrogen-bond acceptors (Lipinski definition) is 16. The first-order valence-electron chi connectivity index (χ1n) is 20.8. The fourth-order valence-corrected chi connectivity index (χ4v) is 8.80. The first-order valence-corrected chi connectivity index (χ1v) is 20.8. The second-order valence-electron chi connectivity index (χ2n) is 15.9. The minimum absolute atomic E-state index is 0.165. The standard InChI is InChI=1S/C50H52O16/c1-29-13-37(17-33(21-51)45(29)63-25-41(55)59-5)49(38-14-30(2)46(34(18-38)22-52)64-26-42(56)60-6)9-11-50(12-10-49,39-15-31(3)47(35(19-39)23-53)65-27-43(57)61-7)40-16-32(4)48(36(20-40)24-54)66-28-44(58)62-8/h13-24H,9-12,25-28H2,1-8H3. The highest BCUT2D eigenvalue weighted by Crippen LogP contribution is 2.56. The first kappa shape index (κ1) is 49.7. The van der Waals surface area contributed by atoms with E-state index in [1.807, 2.05) is 24.3 Å². The first-order chi connectivity index (χ1) is 31.6. The van der Waals surface area contributed by atoms with Crippen LogP contribution in [0.5, 0.6) is 23.0 Å². The van der Waals surface area contributed by atoms with Gasteiger partial charge in [0.05, 0.1) is 50.7 Å². The van der Waals surface area contributed by atoms with E-state index < -0.39 is 61.1 Å². The van der Waals surface area contributed by atoms with Crippen molar-refractivity contribution in [1.29, 1.82) is 0 Å². The van der Waals surface area contributed by atoms with E-state index in [2.05, 4.69) is 0 Å². The molecule has 1 saturated carbocycles. The van der Waals surface area contributed by atoms with E-state index in [1.165, 1.54) is 28.4 Å². The Hall–Kier alpha value is -7.36. The fourth-order valence-electron chi connectivity index (χ4n) is 8.80. The van der Waals surface area contributed by atoms with Gasteiger partial charge in [0.15, 0.2) is 51.6 Å². The zero-order chi connectivity index (χ0) is 48.3. The molecule has 0 aliphatic heterocycles. The molecule has 0 unspecified atom stereocenters. The quantitative estimate of drug-likeness (QED) is 0.0547. The number of carbonyl (C=O) groups is 8. The molecule has 0 heterocycles. The van der Waals surface area contributed by atoms with Crippen molar-refractivity contribution < 1.29 is 76.3 Å². The van der Waals surface area contributed by atoms with Crippen LogP contribution in [0.3, 0.4) is 0 Å². The van der Waals surface area contributed by atoms with Crippen molar-refractivity contribution in [3.8, 4) is 23.0 Å². The molecular formula is C50H52O16. The second-order valence-corrected chi connectivity index (χ2v) is 15.9. The summed E-state index contributed by atoms with van der Waals surface area (Å²) in [6, 6.07) is 14.3. The largest absolute Gasteiger partial charge is 0.481 e. The maximum atomic E-state index is 12.8. The summed E-state index contributed by atoms with van der Waals surface area (Å²) in [6.45, 7) is 5.22. The Morgan fingerprint density at radius 2 is 0.591 bits per heavy atom. The second kappa shape index (κ2) is 21.5. The molecule has 5 rings (SSSR count). The number of hydrogen-bond donors (Lipinski definition) is 0. The highest BCUT2D eigenvalue weighted by atomic mass is 16.6. The van der Waals surface area contributed by atoms with E-state index in [9.17, 15) is 38.4 Å². The van der Waals surface area contributed by atoms with Gasteiger partial charge in [-0.1, -0.05) is 24.3 Å². The van der Waals surface area contributed by atoms with Gasteiger partial charge in [-0.25, -0.2) is 19.2 Å². The molecule has 1 aliphatic rings. The van der Waals surface area contributed by atoms with Crippen LogP contribution in [0, 0.1) is 27.7 Å². The van der Waals surface area contributed by atoms with Crippen LogP contribution in [0.1, 0.15) is 112 Å². The number of rotatable bonds is 20. The lowest BCUT2D eigenvalue weighted by Gasteiger charge is -2.49. The van der Waals surface area contributed by atoms with Gasteiger partial charge >= 0.3 is 23.9 Å². The summed E-state index contributed by atoms with van der Waals surface area (Å²) in [5.41, 5.74) is 3.69. The van der Waals surface area contributed by atoms with Crippen LogP contribution in [0.2, 0.25) is 0 Å². The van der Waals surface area contributed by atoms with Crippen LogP contribution in [-0.2, 0) is 49.0 Å². The molecule has 0 bridgehead atoms. The summed E-state index contributed by atoms with van der Waals surface area (Å²) >= 11 is 0. The predicted molar refractivity (Wildman–Crippen MR) is 236 cm³/mol. The smallest absolute Gasteiger partial charge is 0.343 e. The fraction of sp³-hybridized carbons (Fsp3) is 0.360. The molecule has 1 aliphatic carbocycles. The van der Waals surface area contributed by atoms with Gasteiger partial charge in [-0.15, -0.1) is 0 Å². The Bertz CT molecular complexity index is 2200. The minimum atomic E-state index is -0.950. The Morgan fingerprint density at radius 1 is 0.394 bits per heavy atom. The molecule has 16 nitrogen and oxygen atoms in total. The molecule has 0 atom stereocenters. The van der Waals surface area contributed by atoms with Crippen LogP contribution >= 0.6 is 0 Å². The van der Waals surface area contributed by atoms with Crippen LogP contribution in [0.15, 0.2) is 48.5 Å². The molecule has 1 fully saturated rings. The van der Waals surface area contributed by atoms with Gasteiger partial charge in [-0.3, -0.25) is 19.2 Å². The van der Waals surface area contributed by atoms with Crippen molar-refractivity contribution in [2.24, 2.45) is 0 Å². The maximum Gasteiger partial charge on any atom is 0.343 e. The summed E-state index contributed by atoms with van der Waals surface area (Å²) in [6.07, 6.45) is 3.87. The van der Waals surface area contributed by atoms with Gasteiger partial charge in [0.25, 0.3) is 0 Å². The molecule has 66 heavy (non-hydrogen) atoms. The molecule has 348 valence electrons. The third-order valence-corrected chi connectivity index (χ3v) is 12.1. The number of ether oxygens (including phenoxy) is 8. The molecule has 0 spiro atoms. The lowest BCUT2D eigenvalue weighted by molar-refractivity contribution is -0.143. The predicted octanol–water partition coefficient (Wildman–Crippen LogP) is 6.22. The highest BCUT2D eigenvalue weighted by Gasteiger charge is 2.48. The van der Waals surface area contributed by atoms with Gasteiger partial charge < -0.3 is 37.9 Å². The zero-order valence-corrected chi connectivity index (χ0v) is 38.1. The monoisotopic (exact) mass is 908 g/mol. The Morgan fingerprint density at radius 3 is 0.758 bits per heavy atom. The normalized spacial score (nSPS) is 13.6. The lowest BCUT2D eigenvalue weighted by Crippen LogP contribution is -2.42. The summed E-state index contributed by atoms with van der Waals surface area (Å²) in [4.78, 5) is 99.5. The van der Waals surface area contributed by atoms with E-state index in [1.54, 1.807) is 52.0 Å². The molecule has 0 saturated heterocycles. The minimum Gasteiger partial charge on any atom is -0.481 e. The van der Waals surface area contributed by atoms with Crippen molar-refractivity contribution in [1.82, 2.24) is 0 Å². The molecule has 4 aromatic carbocycles. The van der Waals surface area contributed by atoms with E-state index in [0.29, 0.717) is 95.3 Å². The summed E-state index contributed by atoms with van der Waals surface area (Å²) in [7, 11) is 4.89.